The third kappa shape index (κ3) is 3.30. The van der Waals surface area contributed by atoms with Crippen LogP contribution in [0.2, 0.25) is 0 Å². The van der Waals surface area contributed by atoms with Gasteiger partial charge in [-0.1, -0.05) is 6.08 Å². The van der Waals surface area contributed by atoms with Gasteiger partial charge in [0.25, 0.3) is 0 Å². The van der Waals surface area contributed by atoms with E-state index in [9.17, 15) is 8.42 Å². The molecular weight excluding hydrogens is 236 g/mol. The molecule has 0 bridgehead atoms. The van der Waals surface area contributed by atoms with Crippen molar-refractivity contribution in [1.29, 1.82) is 0 Å². The summed E-state index contributed by atoms with van der Waals surface area (Å²) in [6.07, 6.45) is 5.16. The average Bonchev–Trinajstić information content (AvgIpc) is 2.86. The van der Waals surface area contributed by atoms with E-state index in [1.165, 1.54) is 12.8 Å². The normalized spacial score (nSPS) is 32.9. The Balaban J connectivity index is 1.97. The van der Waals surface area contributed by atoms with Crippen LogP contribution in [-0.2, 0) is 9.84 Å². The van der Waals surface area contributed by atoms with Gasteiger partial charge in [0, 0.05) is 12.1 Å². The molecule has 2 atom stereocenters. The Morgan fingerprint density at radius 1 is 1.29 bits per heavy atom. The van der Waals surface area contributed by atoms with Crippen molar-refractivity contribution >= 4 is 9.84 Å². The number of nitrogens with one attached hydrogen (secondary N) is 1. The minimum absolute atomic E-state index is 0.109. The lowest BCUT2D eigenvalue weighted by atomic mass is 10.1. The summed E-state index contributed by atoms with van der Waals surface area (Å²) in [7, 11) is -2.85. The van der Waals surface area contributed by atoms with Crippen molar-refractivity contribution in [3.05, 3.63) is 12.7 Å². The van der Waals surface area contributed by atoms with E-state index in [1.807, 2.05) is 6.08 Å². The summed E-state index contributed by atoms with van der Waals surface area (Å²) in [6, 6.07) is 0.297. The molecule has 0 radical (unpaired) electrons. The molecule has 1 N–H and O–H groups in total. The largest absolute Gasteiger partial charge is 0.311 e. The maximum atomic E-state index is 11.8. The molecule has 0 aromatic rings. The smallest absolute Gasteiger partial charge is 0.153 e. The zero-order valence-corrected chi connectivity index (χ0v) is 11.1. The molecule has 0 amide bonds. The van der Waals surface area contributed by atoms with Crippen molar-refractivity contribution in [2.45, 2.75) is 31.3 Å². The van der Waals surface area contributed by atoms with Gasteiger partial charge in [-0.05, 0) is 38.9 Å². The SMILES string of the molecule is C=CCCN[C@@H]1CS(=O)(=O)C[C@H]1N1CCCC1. The highest BCUT2D eigenvalue weighted by atomic mass is 32.2. The van der Waals surface area contributed by atoms with E-state index in [4.69, 9.17) is 0 Å². The third-order valence-electron chi connectivity index (χ3n) is 3.69. The lowest BCUT2D eigenvalue weighted by Crippen LogP contribution is -2.48. The lowest BCUT2D eigenvalue weighted by Gasteiger charge is -2.28. The maximum Gasteiger partial charge on any atom is 0.153 e. The van der Waals surface area contributed by atoms with Crippen LogP contribution in [0.5, 0.6) is 0 Å². The van der Waals surface area contributed by atoms with Crippen LogP contribution in [0.15, 0.2) is 12.7 Å². The fraction of sp³-hybridized carbons (Fsp3) is 0.833. The van der Waals surface area contributed by atoms with Crippen LogP contribution in [0, 0.1) is 0 Å². The number of rotatable bonds is 5. The molecule has 0 spiro atoms. The lowest BCUT2D eigenvalue weighted by molar-refractivity contribution is 0.227. The first kappa shape index (κ1) is 13.1. The first-order valence-corrected chi connectivity index (χ1v) is 8.23. The zero-order valence-electron chi connectivity index (χ0n) is 10.3. The quantitative estimate of drug-likeness (QED) is 0.573. The molecule has 17 heavy (non-hydrogen) atoms. The van der Waals surface area contributed by atoms with E-state index >= 15 is 0 Å². The molecule has 5 heteroatoms. The Bertz CT molecular complexity index is 361. The van der Waals surface area contributed by atoms with Crippen molar-refractivity contribution < 1.29 is 8.42 Å². The number of nitrogens with zero attached hydrogens (tertiary/aromatic N) is 1. The number of sulfone groups is 1. The summed E-state index contributed by atoms with van der Waals surface area (Å²) in [5.41, 5.74) is 0. The van der Waals surface area contributed by atoms with Gasteiger partial charge >= 0.3 is 0 Å². The standard InChI is InChI=1S/C12H22N2O2S/c1-2-3-6-13-11-9-17(15,16)10-12(11)14-7-4-5-8-14/h2,11-13H,1,3-10H2/t11-,12-/m1/s1. The van der Waals surface area contributed by atoms with Crippen molar-refractivity contribution in [3.8, 4) is 0 Å². The van der Waals surface area contributed by atoms with Gasteiger partial charge < -0.3 is 5.32 Å². The summed E-state index contributed by atoms with van der Waals surface area (Å²) in [5, 5.41) is 3.37. The molecule has 98 valence electrons. The molecule has 0 aromatic heterocycles. The molecule has 2 aliphatic heterocycles. The van der Waals surface area contributed by atoms with Gasteiger partial charge in [0.15, 0.2) is 9.84 Å². The molecule has 2 fully saturated rings. The van der Waals surface area contributed by atoms with Gasteiger partial charge in [-0.2, -0.15) is 0 Å². The second kappa shape index (κ2) is 5.50. The number of hydrogen-bond donors (Lipinski definition) is 1. The number of hydrogen-bond acceptors (Lipinski definition) is 4. The predicted molar refractivity (Wildman–Crippen MR) is 69.9 cm³/mol. The zero-order chi connectivity index (χ0) is 12.3. The van der Waals surface area contributed by atoms with Gasteiger partial charge in [0.1, 0.15) is 0 Å². The first-order chi connectivity index (χ1) is 8.12. The summed E-state index contributed by atoms with van der Waals surface area (Å²) in [4.78, 5) is 2.34. The van der Waals surface area contributed by atoms with Crippen molar-refractivity contribution in [2.24, 2.45) is 0 Å². The Morgan fingerprint density at radius 2 is 2.00 bits per heavy atom. The average molecular weight is 258 g/mol. The second-order valence-corrected chi connectivity index (χ2v) is 7.18. The van der Waals surface area contributed by atoms with E-state index in [0.717, 1.165) is 26.1 Å². The molecule has 2 heterocycles. The fourth-order valence-electron chi connectivity index (χ4n) is 2.83. The maximum absolute atomic E-state index is 11.8. The summed E-state index contributed by atoms with van der Waals surface area (Å²) in [6.45, 7) is 6.62. The van der Waals surface area contributed by atoms with Crippen LogP contribution in [-0.4, -0.2) is 56.5 Å². The third-order valence-corrected chi connectivity index (χ3v) is 5.40. The Hall–Kier alpha value is -0.390. The van der Waals surface area contributed by atoms with E-state index in [-0.39, 0.29) is 12.1 Å². The molecular formula is C12H22N2O2S. The van der Waals surface area contributed by atoms with E-state index in [1.54, 1.807) is 0 Å². The van der Waals surface area contributed by atoms with Gasteiger partial charge in [-0.15, -0.1) is 6.58 Å². The Kier molecular flexibility index (Phi) is 4.22. The van der Waals surface area contributed by atoms with Gasteiger partial charge in [0.2, 0.25) is 0 Å². The highest BCUT2D eigenvalue weighted by Crippen LogP contribution is 2.22. The summed E-state index contributed by atoms with van der Waals surface area (Å²) in [5.74, 6) is 0.629. The molecule has 0 aliphatic carbocycles. The molecule has 2 saturated heterocycles. The minimum Gasteiger partial charge on any atom is -0.311 e. The van der Waals surface area contributed by atoms with E-state index in [2.05, 4.69) is 16.8 Å². The Morgan fingerprint density at radius 3 is 2.65 bits per heavy atom. The van der Waals surface area contributed by atoms with Crippen LogP contribution in [0.4, 0.5) is 0 Å². The van der Waals surface area contributed by atoms with Crippen LogP contribution >= 0.6 is 0 Å². The van der Waals surface area contributed by atoms with Crippen molar-refractivity contribution in [1.82, 2.24) is 10.2 Å². The molecule has 4 nitrogen and oxygen atoms in total. The molecule has 0 saturated carbocycles. The van der Waals surface area contributed by atoms with Crippen molar-refractivity contribution in [2.75, 3.05) is 31.1 Å². The van der Waals surface area contributed by atoms with Crippen LogP contribution in [0.1, 0.15) is 19.3 Å². The molecule has 0 unspecified atom stereocenters. The first-order valence-electron chi connectivity index (χ1n) is 6.41. The number of likely N-dealkylation sites (tertiary alicyclic amines) is 1. The summed E-state index contributed by atoms with van der Waals surface area (Å²) >= 11 is 0. The van der Waals surface area contributed by atoms with E-state index in [0.29, 0.717) is 11.5 Å². The van der Waals surface area contributed by atoms with Gasteiger partial charge in [-0.3, -0.25) is 4.90 Å². The van der Waals surface area contributed by atoms with Gasteiger partial charge in [-0.25, -0.2) is 8.42 Å². The van der Waals surface area contributed by atoms with Crippen LogP contribution < -0.4 is 5.32 Å². The fourth-order valence-corrected chi connectivity index (χ4v) is 4.81. The van der Waals surface area contributed by atoms with Gasteiger partial charge in [0.05, 0.1) is 11.5 Å². The monoisotopic (exact) mass is 258 g/mol. The molecule has 2 rings (SSSR count). The topological polar surface area (TPSA) is 49.4 Å². The van der Waals surface area contributed by atoms with Crippen LogP contribution in [0.25, 0.3) is 0 Å². The van der Waals surface area contributed by atoms with E-state index < -0.39 is 9.84 Å². The highest BCUT2D eigenvalue weighted by molar-refractivity contribution is 7.91. The van der Waals surface area contributed by atoms with Crippen LogP contribution in [0.3, 0.4) is 0 Å². The minimum atomic E-state index is -2.85. The summed E-state index contributed by atoms with van der Waals surface area (Å²) < 4.78 is 23.5. The predicted octanol–water partition coefficient (Wildman–Crippen LogP) is 0.414. The Labute approximate surface area is 104 Å². The molecule has 2 aliphatic rings. The second-order valence-electron chi connectivity index (χ2n) is 5.03. The highest BCUT2D eigenvalue weighted by Gasteiger charge is 2.41. The van der Waals surface area contributed by atoms with Crippen molar-refractivity contribution in [3.63, 3.8) is 0 Å². The molecule has 0 aromatic carbocycles.